The Morgan fingerprint density at radius 2 is 1.83 bits per heavy atom. The molecule has 1 aromatic carbocycles. The van der Waals surface area contributed by atoms with Gasteiger partial charge in [0.1, 0.15) is 5.69 Å². The minimum Gasteiger partial charge on any atom is -0.378 e. The van der Waals surface area contributed by atoms with Gasteiger partial charge in [-0.1, -0.05) is 19.1 Å². The van der Waals surface area contributed by atoms with E-state index in [9.17, 15) is 4.79 Å². The molecule has 2 aliphatic rings. The Balaban J connectivity index is 1.48. The van der Waals surface area contributed by atoms with Gasteiger partial charge in [-0.3, -0.25) is 4.79 Å². The number of nitrogens with zero attached hydrogens (tertiary/aromatic N) is 5. The third kappa shape index (κ3) is 4.65. The zero-order valence-corrected chi connectivity index (χ0v) is 16.9. The van der Waals surface area contributed by atoms with E-state index < -0.39 is 0 Å². The number of ether oxygens (including phenoxy) is 1. The van der Waals surface area contributed by atoms with Gasteiger partial charge in [0, 0.05) is 45.5 Å². The van der Waals surface area contributed by atoms with Crippen LogP contribution in [0, 0.1) is 0 Å². The van der Waals surface area contributed by atoms with E-state index in [2.05, 4.69) is 38.1 Å². The zero-order chi connectivity index (χ0) is 20.1. The van der Waals surface area contributed by atoms with Gasteiger partial charge in [0.05, 0.1) is 24.6 Å². The summed E-state index contributed by atoms with van der Waals surface area (Å²) in [6.45, 7) is 9.60. The molecular formula is C21H28N6O2. The molecule has 2 saturated heterocycles. The first-order valence-electron chi connectivity index (χ1n) is 10.3. The molecule has 0 aliphatic carbocycles. The number of carbonyl (C=O) groups excluding carboxylic acids is 1. The van der Waals surface area contributed by atoms with E-state index in [-0.39, 0.29) is 5.91 Å². The Kier molecular flexibility index (Phi) is 6.21. The molecule has 0 unspecified atom stereocenters. The van der Waals surface area contributed by atoms with Crippen LogP contribution in [0.3, 0.4) is 0 Å². The predicted octanol–water partition coefficient (Wildman–Crippen LogP) is 1.83. The van der Waals surface area contributed by atoms with E-state index in [4.69, 9.17) is 4.74 Å². The van der Waals surface area contributed by atoms with Gasteiger partial charge < -0.3 is 24.8 Å². The molecule has 8 nitrogen and oxygen atoms in total. The topological polar surface area (TPSA) is 73.8 Å². The molecule has 0 radical (unpaired) electrons. The number of hydrogen-bond donors (Lipinski definition) is 1. The molecular weight excluding hydrogens is 368 g/mol. The number of likely N-dealkylation sites (N-methyl/N-ethyl adjacent to an activating group) is 1. The second kappa shape index (κ2) is 9.19. The minimum atomic E-state index is -0.0346. The Labute approximate surface area is 171 Å². The fourth-order valence-electron chi connectivity index (χ4n) is 3.75. The van der Waals surface area contributed by atoms with Crippen molar-refractivity contribution >= 4 is 23.2 Å². The van der Waals surface area contributed by atoms with Crippen molar-refractivity contribution in [3.63, 3.8) is 0 Å². The van der Waals surface area contributed by atoms with Crippen LogP contribution in [0.5, 0.6) is 0 Å². The Hall–Kier alpha value is -2.71. The summed E-state index contributed by atoms with van der Waals surface area (Å²) in [6, 6.07) is 9.78. The summed E-state index contributed by atoms with van der Waals surface area (Å²) in [7, 11) is 0. The average molecular weight is 396 g/mol. The van der Waals surface area contributed by atoms with Crippen LogP contribution in [-0.2, 0) is 4.74 Å². The fraction of sp³-hybridized carbons (Fsp3) is 0.476. The Morgan fingerprint density at radius 1 is 1.07 bits per heavy atom. The maximum Gasteiger partial charge on any atom is 0.272 e. The standard InChI is InChI=1S/C21H28N6O2/c1-2-25-9-11-27(12-10-25)20(28)18-7-8-22-21(24-18)23-17-5-3-4-6-19(17)26-13-15-29-16-14-26/h3-8H,2,9-16H2,1H3,(H,22,23,24). The molecule has 8 heteroatoms. The molecule has 0 atom stereocenters. The van der Waals surface area contributed by atoms with Crippen LogP contribution in [0.25, 0.3) is 0 Å². The number of morpholine rings is 1. The van der Waals surface area contributed by atoms with Crippen LogP contribution in [0.1, 0.15) is 17.4 Å². The number of hydrogen-bond acceptors (Lipinski definition) is 7. The van der Waals surface area contributed by atoms with Gasteiger partial charge in [-0.2, -0.15) is 0 Å². The highest BCUT2D eigenvalue weighted by Gasteiger charge is 2.23. The van der Waals surface area contributed by atoms with Gasteiger partial charge in [0.15, 0.2) is 0 Å². The van der Waals surface area contributed by atoms with Crippen molar-refractivity contribution < 1.29 is 9.53 Å². The van der Waals surface area contributed by atoms with Crippen molar-refractivity contribution in [2.24, 2.45) is 0 Å². The molecule has 154 valence electrons. The SMILES string of the molecule is CCN1CCN(C(=O)c2ccnc(Nc3ccccc3N3CCOCC3)n2)CC1. The summed E-state index contributed by atoms with van der Waals surface area (Å²) in [4.78, 5) is 28.2. The first-order valence-corrected chi connectivity index (χ1v) is 10.3. The van der Waals surface area contributed by atoms with E-state index in [0.717, 1.165) is 70.4 Å². The zero-order valence-electron chi connectivity index (χ0n) is 16.9. The van der Waals surface area contributed by atoms with Crippen molar-refractivity contribution in [3.05, 3.63) is 42.2 Å². The summed E-state index contributed by atoms with van der Waals surface area (Å²) in [5.74, 6) is 0.399. The van der Waals surface area contributed by atoms with Gasteiger partial charge in [0.2, 0.25) is 5.95 Å². The van der Waals surface area contributed by atoms with Crippen molar-refractivity contribution in [3.8, 4) is 0 Å². The van der Waals surface area contributed by atoms with E-state index >= 15 is 0 Å². The van der Waals surface area contributed by atoms with Crippen LogP contribution >= 0.6 is 0 Å². The smallest absolute Gasteiger partial charge is 0.272 e. The number of nitrogens with one attached hydrogen (secondary N) is 1. The summed E-state index contributed by atoms with van der Waals surface area (Å²) in [5, 5.41) is 3.30. The first-order chi connectivity index (χ1) is 14.2. The highest BCUT2D eigenvalue weighted by molar-refractivity contribution is 5.92. The van der Waals surface area contributed by atoms with E-state index in [1.807, 2.05) is 23.1 Å². The van der Waals surface area contributed by atoms with Gasteiger partial charge in [-0.05, 0) is 24.7 Å². The van der Waals surface area contributed by atoms with Crippen LogP contribution < -0.4 is 10.2 Å². The third-order valence-corrected chi connectivity index (χ3v) is 5.48. The number of benzene rings is 1. The highest BCUT2D eigenvalue weighted by atomic mass is 16.5. The highest BCUT2D eigenvalue weighted by Crippen LogP contribution is 2.28. The van der Waals surface area contributed by atoms with Crippen molar-refractivity contribution in [1.82, 2.24) is 19.8 Å². The molecule has 29 heavy (non-hydrogen) atoms. The summed E-state index contributed by atoms with van der Waals surface area (Å²) in [6.07, 6.45) is 1.64. The number of para-hydroxylation sites is 2. The van der Waals surface area contributed by atoms with E-state index in [1.165, 1.54) is 0 Å². The lowest BCUT2D eigenvalue weighted by Gasteiger charge is -2.33. The van der Waals surface area contributed by atoms with Gasteiger partial charge in [0.25, 0.3) is 5.91 Å². The number of amides is 1. The molecule has 1 N–H and O–H groups in total. The molecule has 2 aromatic rings. The van der Waals surface area contributed by atoms with Crippen molar-refractivity contribution in [2.45, 2.75) is 6.92 Å². The minimum absolute atomic E-state index is 0.0346. The number of carbonyl (C=O) groups is 1. The molecule has 2 aliphatic heterocycles. The molecule has 1 amide bonds. The molecule has 0 spiro atoms. The van der Waals surface area contributed by atoms with Crippen molar-refractivity contribution in [1.29, 1.82) is 0 Å². The maximum atomic E-state index is 12.9. The quantitative estimate of drug-likeness (QED) is 0.827. The second-order valence-electron chi connectivity index (χ2n) is 7.23. The van der Waals surface area contributed by atoms with Gasteiger partial charge in [-0.15, -0.1) is 0 Å². The largest absolute Gasteiger partial charge is 0.378 e. The second-order valence-corrected chi connectivity index (χ2v) is 7.23. The number of anilines is 3. The van der Waals surface area contributed by atoms with Crippen LogP contribution in [0.2, 0.25) is 0 Å². The predicted molar refractivity (Wildman–Crippen MR) is 113 cm³/mol. The molecule has 0 saturated carbocycles. The van der Waals surface area contributed by atoms with Crippen LogP contribution in [0.4, 0.5) is 17.3 Å². The summed E-state index contributed by atoms with van der Waals surface area (Å²) in [5.41, 5.74) is 2.44. The first kappa shape index (κ1) is 19.6. The lowest BCUT2D eigenvalue weighted by molar-refractivity contribution is 0.0637. The summed E-state index contributed by atoms with van der Waals surface area (Å²) >= 11 is 0. The van der Waals surface area contributed by atoms with E-state index in [0.29, 0.717) is 11.6 Å². The number of rotatable bonds is 5. The number of aromatic nitrogens is 2. The molecule has 3 heterocycles. The van der Waals surface area contributed by atoms with Crippen LogP contribution in [0.15, 0.2) is 36.5 Å². The van der Waals surface area contributed by atoms with Crippen molar-refractivity contribution in [2.75, 3.05) is 69.2 Å². The third-order valence-electron chi connectivity index (χ3n) is 5.48. The Bertz CT molecular complexity index is 831. The average Bonchev–Trinajstić information content (AvgIpc) is 2.80. The van der Waals surface area contributed by atoms with Crippen LogP contribution in [-0.4, -0.2) is 84.7 Å². The fourth-order valence-corrected chi connectivity index (χ4v) is 3.75. The van der Waals surface area contributed by atoms with E-state index in [1.54, 1.807) is 12.3 Å². The maximum absolute atomic E-state index is 12.9. The molecule has 0 bridgehead atoms. The lowest BCUT2D eigenvalue weighted by atomic mass is 10.2. The number of piperazine rings is 1. The van der Waals surface area contributed by atoms with Gasteiger partial charge in [-0.25, -0.2) is 9.97 Å². The lowest BCUT2D eigenvalue weighted by Crippen LogP contribution is -2.48. The molecule has 1 aromatic heterocycles. The Morgan fingerprint density at radius 3 is 2.59 bits per heavy atom. The van der Waals surface area contributed by atoms with Gasteiger partial charge >= 0.3 is 0 Å². The normalized spacial score (nSPS) is 18.0. The molecule has 4 rings (SSSR count). The molecule has 2 fully saturated rings. The summed E-state index contributed by atoms with van der Waals surface area (Å²) < 4.78 is 5.46. The monoisotopic (exact) mass is 396 g/mol.